The van der Waals surface area contributed by atoms with Crippen molar-refractivity contribution in [3.63, 3.8) is 0 Å². The summed E-state index contributed by atoms with van der Waals surface area (Å²) in [5, 5.41) is 6.85. The molecule has 0 saturated carbocycles. The molecule has 1 aliphatic heterocycles. The molecule has 2 N–H and O–H groups in total. The lowest BCUT2D eigenvalue weighted by Crippen LogP contribution is -2.29. The number of aryl methyl sites for hydroxylation is 1. The second kappa shape index (κ2) is 6.70. The summed E-state index contributed by atoms with van der Waals surface area (Å²) < 4.78 is 0. The molecule has 106 valence electrons. The number of rotatable bonds is 4. The monoisotopic (exact) mass is 263 g/mol. The number of hydrogen-bond donors (Lipinski definition) is 2. The SMILES string of the molecule is CCC(C)Nc1cc(N2CCCNCC2)nc(C)n1. The average Bonchev–Trinajstić information content (AvgIpc) is 2.66. The van der Waals surface area contributed by atoms with Gasteiger partial charge in [-0.25, -0.2) is 9.97 Å². The maximum Gasteiger partial charge on any atom is 0.134 e. The Morgan fingerprint density at radius 3 is 3.00 bits per heavy atom. The van der Waals surface area contributed by atoms with E-state index in [1.54, 1.807) is 0 Å². The number of nitrogens with one attached hydrogen (secondary N) is 2. The fraction of sp³-hybridized carbons (Fsp3) is 0.714. The molecule has 0 spiro atoms. The Morgan fingerprint density at radius 2 is 2.21 bits per heavy atom. The lowest BCUT2D eigenvalue weighted by atomic mass is 10.2. The van der Waals surface area contributed by atoms with E-state index in [9.17, 15) is 0 Å². The largest absolute Gasteiger partial charge is 0.367 e. The predicted molar refractivity (Wildman–Crippen MR) is 79.8 cm³/mol. The zero-order chi connectivity index (χ0) is 13.7. The Labute approximate surface area is 115 Å². The molecule has 0 radical (unpaired) electrons. The topological polar surface area (TPSA) is 53.1 Å². The van der Waals surface area contributed by atoms with Gasteiger partial charge < -0.3 is 15.5 Å². The minimum Gasteiger partial charge on any atom is -0.367 e. The second-order valence-electron chi connectivity index (χ2n) is 5.20. The van der Waals surface area contributed by atoms with Crippen LogP contribution < -0.4 is 15.5 Å². The van der Waals surface area contributed by atoms with Crippen molar-refractivity contribution in [1.82, 2.24) is 15.3 Å². The molecule has 2 heterocycles. The molecule has 2 rings (SSSR count). The summed E-state index contributed by atoms with van der Waals surface area (Å²) >= 11 is 0. The van der Waals surface area contributed by atoms with Gasteiger partial charge in [0.2, 0.25) is 0 Å². The number of aromatic nitrogens is 2. The van der Waals surface area contributed by atoms with Gasteiger partial charge in [-0.1, -0.05) is 6.92 Å². The molecule has 5 nitrogen and oxygen atoms in total. The van der Waals surface area contributed by atoms with Crippen molar-refractivity contribution in [1.29, 1.82) is 0 Å². The van der Waals surface area contributed by atoms with E-state index >= 15 is 0 Å². The van der Waals surface area contributed by atoms with Gasteiger partial charge in [-0.2, -0.15) is 0 Å². The van der Waals surface area contributed by atoms with Crippen LogP contribution in [0.3, 0.4) is 0 Å². The fourth-order valence-electron chi connectivity index (χ4n) is 2.22. The molecular weight excluding hydrogens is 238 g/mol. The Bertz CT molecular complexity index is 399. The lowest BCUT2D eigenvalue weighted by Gasteiger charge is -2.22. The molecule has 1 saturated heterocycles. The van der Waals surface area contributed by atoms with Gasteiger partial charge in [-0.3, -0.25) is 0 Å². The predicted octanol–water partition coefficient (Wildman–Crippen LogP) is 1.80. The van der Waals surface area contributed by atoms with E-state index < -0.39 is 0 Å². The van der Waals surface area contributed by atoms with Crippen LogP contribution in [-0.2, 0) is 0 Å². The van der Waals surface area contributed by atoms with Crippen LogP contribution in [0.5, 0.6) is 0 Å². The number of hydrogen-bond acceptors (Lipinski definition) is 5. The standard InChI is InChI=1S/C14H25N5/c1-4-11(2)16-13-10-14(18-12(3)17-13)19-8-5-6-15-7-9-19/h10-11,15H,4-9H2,1-3H3,(H,16,17,18). The van der Waals surface area contributed by atoms with Crippen LogP contribution in [-0.4, -0.2) is 42.2 Å². The van der Waals surface area contributed by atoms with Gasteiger partial charge in [0.25, 0.3) is 0 Å². The van der Waals surface area contributed by atoms with E-state index in [1.165, 1.54) is 0 Å². The Morgan fingerprint density at radius 1 is 1.37 bits per heavy atom. The van der Waals surface area contributed by atoms with Crippen molar-refractivity contribution in [3.05, 3.63) is 11.9 Å². The van der Waals surface area contributed by atoms with Gasteiger partial charge in [-0.05, 0) is 33.2 Å². The van der Waals surface area contributed by atoms with Crippen molar-refractivity contribution < 1.29 is 0 Å². The summed E-state index contributed by atoms with van der Waals surface area (Å²) in [6.45, 7) is 10.5. The molecule has 19 heavy (non-hydrogen) atoms. The van der Waals surface area contributed by atoms with Crippen molar-refractivity contribution >= 4 is 11.6 Å². The van der Waals surface area contributed by atoms with Crippen molar-refractivity contribution in [2.24, 2.45) is 0 Å². The van der Waals surface area contributed by atoms with Crippen LogP contribution in [0.1, 0.15) is 32.5 Å². The third-order valence-corrected chi connectivity index (χ3v) is 3.50. The van der Waals surface area contributed by atoms with Gasteiger partial charge in [0.05, 0.1) is 0 Å². The van der Waals surface area contributed by atoms with E-state index in [4.69, 9.17) is 0 Å². The van der Waals surface area contributed by atoms with Crippen LogP contribution in [0.25, 0.3) is 0 Å². The van der Waals surface area contributed by atoms with E-state index in [-0.39, 0.29) is 0 Å². The molecule has 1 unspecified atom stereocenters. The number of anilines is 2. The quantitative estimate of drug-likeness (QED) is 0.867. The molecule has 1 fully saturated rings. The second-order valence-corrected chi connectivity index (χ2v) is 5.20. The molecule has 1 aromatic rings. The van der Waals surface area contributed by atoms with Crippen molar-refractivity contribution in [3.8, 4) is 0 Å². The summed E-state index contributed by atoms with van der Waals surface area (Å²) in [5.41, 5.74) is 0. The number of nitrogens with zero attached hydrogens (tertiary/aromatic N) is 3. The summed E-state index contributed by atoms with van der Waals surface area (Å²) in [6, 6.07) is 2.51. The van der Waals surface area contributed by atoms with Gasteiger partial charge in [0.1, 0.15) is 17.5 Å². The van der Waals surface area contributed by atoms with E-state index in [0.29, 0.717) is 6.04 Å². The van der Waals surface area contributed by atoms with Crippen LogP contribution >= 0.6 is 0 Å². The van der Waals surface area contributed by atoms with Crippen LogP contribution in [0.4, 0.5) is 11.6 Å². The highest BCUT2D eigenvalue weighted by molar-refractivity contribution is 5.50. The molecule has 0 aliphatic carbocycles. The van der Waals surface area contributed by atoms with Crippen LogP contribution in [0.15, 0.2) is 6.07 Å². The molecule has 0 bridgehead atoms. The lowest BCUT2D eigenvalue weighted by molar-refractivity contribution is 0.724. The fourth-order valence-corrected chi connectivity index (χ4v) is 2.22. The van der Waals surface area contributed by atoms with Crippen molar-refractivity contribution in [2.45, 2.75) is 39.7 Å². The zero-order valence-electron chi connectivity index (χ0n) is 12.2. The maximum absolute atomic E-state index is 4.58. The first-order chi connectivity index (χ1) is 9.19. The van der Waals surface area contributed by atoms with E-state index in [1.807, 2.05) is 6.92 Å². The highest BCUT2D eigenvalue weighted by atomic mass is 15.2. The van der Waals surface area contributed by atoms with E-state index in [0.717, 1.165) is 56.5 Å². The van der Waals surface area contributed by atoms with Gasteiger partial charge in [0.15, 0.2) is 0 Å². The van der Waals surface area contributed by atoms with Gasteiger partial charge in [-0.15, -0.1) is 0 Å². The Balaban J connectivity index is 2.15. The molecule has 0 amide bonds. The Hall–Kier alpha value is -1.36. The zero-order valence-corrected chi connectivity index (χ0v) is 12.2. The highest BCUT2D eigenvalue weighted by Crippen LogP contribution is 2.17. The molecule has 0 aromatic carbocycles. The third-order valence-electron chi connectivity index (χ3n) is 3.50. The van der Waals surface area contributed by atoms with Gasteiger partial charge in [0, 0.05) is 31.7 Å². The van der Waals surface area contributed by atoms with Crippen LogP contribution in [0.2, 0.25) is 0 Å². The van der Waals surface area contributed by atoms with E-state index in [2.05, 4.69) is 45.4 Å². The molecule has 1 atom stereocenters. The molecule has 1 aliphatic rings. The normalized spacial score (nSPS) is 17.9. The first-order valence-corrected chi connectivity index (χ1v) is 7.27. The summed E-state index contributed by atoms with van der Waals surface area (Å²) in [7, 11) is 0. The maximum atomic E-state index is 4.58. The minimum atomic E-state index is 0.438. The highest BCUT2D eigenvalue weighted by Gasteiger charge is 2.13. The molecule has 1 aromatic heterocycles. The van der Waals surface area contributed by atoms with Crippen molar-refractivity contribution in [2.75, 3.05) is 36.4 Å². The first kappa shape index (κ1) is 14.1. The average molecular weight is 263 g/mol. The molecular formula is C14H25N5. The molecule has 5 heteroatoms. The first-order valence-electron chi connectivity index (χ1n) is 7.27. The Kier molecular flexibility index (Phi) is 4.96. The van der Waals surface area contributed by atoms with Gasteiger partial charge >= 0.3 is 0 Å². The summed E-state index contributed by atoms with van der Waals surface area (Å²) in [6.07, 6.45) is 2.25. The summed E-state index contributed by atoms with van der Waals surface area (Å²) in [5.74, 6) is 2.82. The van der Waals surface area contributed by atoms with Crippen LogP contribution in [0, 0.1) is 6.92 Å². The minimum absolute atomic E-state index is 0.438. The summed E-state index contributed by atoms with van der Waals surface area (Å²) in [4.78, 5) is 11.4. The third kappa shape index (κ3) is 4.06. The smallest absolute Gasteiger partial charge is 0.134 e.